The molecular formula is C15H14BrClFN. The minimum atomic E-state index is -0.289. The summed E-state index contributed by atoms with van der Waals surface area (Å²) in [6, 6.07) is 12.7. The first-order valence-corrected chi connectivity index (χ1v) is 7.18. The molecule has 0 aliphatic rings. The van der Waals surface area contributed by atoms with Crippen LogP contribution in [-0.2, 0) is 6.42 Å². The minimum Gasteiger partial charge on any atom is -0.381 e. The lowest BCUT2D eigenvalue weighted by atomic mass is 10.1. The Morgan fingerprint density at radius 1 is 1.21 bits per heavy atom. The predicted molar refractivity (Wildman–Crippen MR) is 82.3 cm³/mol. The number of benzene rings is 2. The topological polar surface area (TPSA) is 12.0 Å². The molecule has 0 amide bonds. The van der Waals surface area contributed by atoms with Gasteiger partial charge >= 0.3 is 0 Å². The van der Waals surface area contributed by atoms with Gasteiger partial charge in [0.25, 0.3) is 0 Å². The van der Waals surface area contributed by atoms with Crippen molar-refractivity contribution in [2.24, 2.45) is 0 Å². The van der Waals surface area contributed by atoms with Gasteiger partial charge in [-0.05, 0) is 49.2 Å². The molecule has 0 aliphatic carbocycles. The lowest BCUT2D eigenvalue weighted by Crippen LogP contribution is -2.18. The molecule has 0 spiro atoms. The Morgan fingerprint density at radius 2 is 1.89 bits per heavy atom. The standard InChI is InChI=1S/C15H14BrClFN/c1-10(8-11-2-4-12(16)5-3-11)19-15-9-13(18)6-7-14(15)17/h2-7,9-10,19H,8H2,1H3. The van der Waals surface area contributed by atoms with E-state index in [2.05, 4.69) is 33.4 Å². The average Bonchev–Trinajstić information content (AvgIpc) is 2.37. The Hall–Kier alpha value is -1.06. The van der Waals surface area contributed by atoms with Gasteiger partial charge in [0.2, 0.25) is 0 Å². The van der Waals surface area contributed by atoms with Crippen LogP contribution in [0.25, 0.3) is 0 Å². The lowest BCUT2D eigenvalue weighted by Gasteiger charge is -2.16. The Balaban J connectivity index is 2.02. The third-order valence-electron chi connectivity index (χ3n) is 2.79. The normalized spacial score (nSPS) is 12.2. The highest BCUT2D eigenvalue weighted by Gasteiger charge is 2.07. The number of hydrogen-bond acceptors (Lipinski definition) is 1. The number of hydrogen-bond donors (Lipinski definition) is 1. The number of nitrogens with one attached hydrogen (secondary N) is 1. The van der Waals surface area contributed by atoms with Gasteiger partial charge in [0.1, 0.15) is 5.82 Å². The molecule has 0 saturated carbocycles. The van der Waals surface area contributed by atoms with Crippen molar-refractivity contribution >= 4 is 33.2 Å². The molecule has 2 aromatic rings. The van der Waals surface area contributed by atoms with Crippen LogP contribution in [-0.4, -0.2) is 6.04 Å². The highest BCUT2D eigenvalue weighted by atomic mass is 79.9. The van der Waals surface area contributed by atoms with Crippen LogP contribution in [0.5, 0.6) is 0 Å². The van der Waals surface area contributed by atoms with Crippen LogP contribution >= 0.6 is 27.5 Å². The third-order valence-corrected chi connectivity index (χ3v) is 3.64. The maximum absolute atomic E-state index is 13.2. The van der Waals surface area contributed by atoms with E-state index in [-0.39, 0.29) is 11.9 Å². The molecular weight excluding hydrogens is 329 g/mol. The fraction of sp³-hybridized carbons (Fsp3) is 0.200. The van der Waals surface area contributed by atoms with E-state index in [1.807, 2.05) is 19.1 Å². The quantitative estimate of drug-likeness (QED) is 0.796. The van der Waals surface area contributed by atoms with Gasteiger partial charge in [-0.25, -0.2) is 4.39 Å². The molecule has 19 heavy (non-hydrogen) atoms. The summed E-state index contributed by atoms with van der Waals surface area (Å²) >= 11 is 9.44. The van der Waals surface area contributed by atoms with E-state index in [0.717, 1.165) is 10.9 Å². The predicted octanol–water partition coefficient (Wildman–Crippen LogP) is 5.28. The van der Waals surface area contributed by atoms with E-state index in [4.69, 9.17) is 11.6 Å². The molecule has 0 aromatic heterocycles. The van der Waals surface area contributed by atoms with Gasteiger partial charge < -0.3 is 5.32 Å². The smallest absolute Gasteiger partial charge is 0.125 e. The highest BCUT2D eigenvalue weighted by Crippen LogP contribution is 2.23. The first kappa shape index (κ1) is 14.4. The summed E-state index contributed by atoms with van der Waals surface area (Å²) in [4.78, 5) is 0. The van der Waals surface area contributed by atoms with Crippen LogP contribution in [0.4, 0.5) is 10.1 Å². The molecule has 2 aromatic carbocycles. The second-order valence-corrected chi connectivity index (χ2v) is 5.82. The molecule has 0 radical (unpaired) electrons. The van der Waals surface area contributed by atoms with E-state index in [0.29, 0.717) is 10.7 Å². The number of anilines is 1. The molecule has 100 valence electrons. The molecule has 0 bridgehead atoms. The van der Waals surface area contributed by atoms with E-state index in [1.54, 1.807) is 6.07 Å². The van der Waals surface area contributed by atoms with Gasteiger partial charge in [0, 0.05) is 10.5 Å². The lowest BCUT2D eigenvalue weighted by molar-refractivity contribution is 0.627. The zero-order valence-electron chi connectivity index (χ0n) is 10.5. The van der Waals surface area contributed by atoms with Gasteiger partial charge in [-0.15, -0.1) is 0 Å². The van der Waals surface area contributed by atoms with Gasteiger partial charge in [-0.2, -0.15) is 0 Å². The Morgan fingerprint density at radius 3 is 2.58 bits per heavy atom. The van der Waals surface area contributed by atoms with Gasteiger partial charge in [-0.3, -0.25) is 0 Å². The summed E-state index contributed by atoms with van der Waals surface area (Å²) in [5, 5.41) is 3.76. The van der Waals surface area contributed by atoms with Crippen LogP contribution in [0, 0.1) is 5.82 Å². The van der Waals surface area contributed by atoms with Crippen LogP contribution in [0.15, 0.2) is 46.9 Å². The summed E-state index contributed by atoms with van der Waals surface area (Å²) in [5.74, 6) is -0.289. The van der Waals surface area contributed by atoms with Crippen LogP contribution in [0.2, 0.25) is 5.02 Å². The second kappa shape index (κ2) is 6.40. The fourth-order valence-corrected chi connectivity index (χ4v) is 2.34. The summed E-state index contributed by atoms with van der Waals surface area (Å²) in [7, 11) is 0. The van der Waals surface area contributed by atoms with Gasteiger partial charge in [0.05, 0.1) is 10.7 Å². The third kappa shape index (κ3) is 4.22. The maximum atomic E-state index is 13.2. The minimum absolute atomic E-state index is 0.167. The summed E-state index contributed by atoms with van der Waals surface area (Å²) in [5.41, 5.74) is 1.85. The molecule has 0 fully saturated rings. The largest absolute Gasteiger partial charge is 0.381 e. The SMILES string of the molecule is CC(Cc1ccc(Br)cc1)Nc1cc(F)ccc1Cl. The number of halogens is 3. The highest BCUT2D eigenvalue weighted by molar-refractivity contribution is 9.10. The molecule has 0 aliphatic heterocycles. The van der Waals surface area contributed by atoms with Crippen molar-refractivity contribution in [3.63, 3.8) is 0 Å². The van der Waals surface area contributed by atoms with E-state index in [9.17, 15) is 4.39 Å². The second-order valence-electron chi connectivity index (χ2n) is 4.50. The molecule has 2 rings (SSSR count). The zero-order chi connectivity index (χ0) is 13.8. The first-order chi connectivity index (χ1) is 9.04. The first-order valence-electron chi connectivity index (χ1n) is 6.00. The van der Waals surface area contributed by atoms with Gasteiger partial charge in [-0.1, -0.05) is 39.7 Å². The van der Waals surface area contributed by atoms with Crippen molar-refractivity contribution in [1.29, 1.82) is 0 Å². The average molecular weight is 343 g/mol. The summed E-state index contributed by atoms with van der Waals surface area (Å²) in [6.07, 6.45) is 0.847. The van der Waals surface area contributed by atoms with Gasteiger partial charge in [0.15, 0.2) is 0 Å². The van der Waals surface area contributed by atoms with Crippen molar-refractivity contribution in [2.75, 3.05) is 5.32 Å². The van der Waals surface area contributed by atoms with Crippen molar-refractivity contribution < 1.29 is 4.39 Å². The van der Waals surface area contributed by atoms with E-state index in [1.165, 1.54) is 17.7 Å². The molecule has 1 atom stereocenters. The maximum Gasteiger partial charge on any atom is 0.125 e. The molecule has 0 heterocycles. The number of rotatable bonds is 4. The van der Waals surface area contributed by atoms with E-state index < -0.39 is 0 Å². The van der Waals surface area contributed by atoms with Crippen molar-refractivity contribution in [3.8, 4) is 0 Å². The van der Waals surface area contributed by atoms with Crippen LogP contribution in [0.3, 0.4) is 0 Å². The molecule has 0 saturated heterocycles. The Bertz CT molecular complexity index is 557. The zero-order valence-corrected chi connectivity index (χ0v) is 12.8. The molecule has 1 unspecified atom stereocenters. The Kier molecular flexibility index (Phi) is 4.83. The Labute approximate surface area is 125 Å². The molecule has 1 N–H and O–H groups in total. The summed E-state index contributed by atoms with van der Waals surface area (Å²) in [6.45, 7) is 2.04. The molecule has 1 nitrogen and oxygen atoms in total. The summed E-state index contributed by atoms with van der Waals surface area (Å²) < 4.78 is 14.2. The van der Waals surface area contributed by atoms with Crippen molar-refractivity contribution in [2.45, 2.75) is 19.4 Å². The van der Waals surface area contributed by atoms with Crippen LogP contribution < -0.4 is 5.32 Å². The monoisotopic (exact) mass is 341 g/mol. The van der Waals surface area contributed by atoms with Crippen molar-refractivity contribution in [1.82, 2.24) is 0 Å². The fourth-order valence-electron chi connectivity index (χ4n) is 1.90. The molecule has 4 heteroatoms. The van der Waals surface area contributed by atoms with Crippen molar-refractivity contribution in [3.05, 3.63) is 63.3 Å². The van der Waals surface area contributed by atoms with Crippen LogP contribution in [0.1, 0.15) is 12.5 Å². The van der Waals surface area contributed by atoms with E-state index >= 15 is 0 Å².